The molecule has 0 bridgehead atoms. The number of aromatic nitrogens is 2. The van der Waals surface area contributed by atoms with Crippen molar-refractivity contribution in [3.8, 4) is 22.4 Å². The summed E-state index contributed by atoms with van der Waals surface area (Å²) in [6.45, 7) is 0. The summed E-state index contributed by atoms with van der Waals surface area (Å²) in [5.74, 6) is 0. The first kappa shape index (κ1) is 24.4. The van der Waals surface area contributed by atoms with Crippen molar-refractivity contribution in [2.45, 2.75) is 0 Å². The van der Waals surface area contributed by atoms with Crippen LogP contribution in [0.5, 0.6) is 0 Å². The lowest BCUT2D eigenvalue weighted by atomic mass is 9.93. The summed E-state index contributed by atoms with van der Waals surface area (Å²) >= 11 is 0. The molecule has 7 aromatic carbocycles. The van der Waals surface area contributed by atoms with Crippen LogP contribution in [0.4, 0.5) is 0 Å². The first-order chi connectivity index (χ1) is 22.3. The van der Waals surface area contributed by atoms with Crippen LogP contribution in [0.3, 0.4) is 0 Å². The maximum Gasteiger partial charge on any atom is 0.136 e. The summed E-state index contributed by atoms with van der Waals surface area (Å²) < 4.78 is 6.54. The molecule has 3 heteroatoms. The second-order valence-electron chi connectivity index (χ2n) is 11.8. The Balaban J connectivity index is 1.08. The van der Waals surface area contributed by atoms with Gasteiger partial charge >= 0.3 is 0 Å². The van der Waals surface area contributed by atoms with Crippen LogP contribution >= 0.6 is 0 Å². The summed E-state index contributed by atoms with van der Waals surface area (Å²) in [4.78, 5) is 9.63. The lowest BCUT2D eigenvalue weighted by Gasteiger charge is -2.10. The van der Waals surface area contributed by atoms with Gasteiger partial charge in [0.2, 0.25) is 0 Å². The zero-order valence-corrected chi connectivity index (χ0v) is 24.2. The number of fused-ring (bicyclic) bond motifs is 12. The first-order valence-corrected chi connectivity index (χ1v) is 15.2. The number of pyridine rings is 2. The van der Waals surface area contributed by atoms with E-state index in [4.69, 9.17) is 9.40 Å². The third kappa shape index (κ3) is 3.65. The predicted molar refractivity (Wildman–Crippen MR) is 188 cm³/mol. The van der Waals surface area contributed by atoms with Gasteiger partial charge in [0.15, 0.2) is 0 Å². The molecule has 0 radical (unpaired) electrons. The van der Waals surface area contributed by atoms with Crippen LogP contribution in [0.15, 0.2) is 150 Å². The molecule has 3 aromatic heterocycles. The molecule has 0 spiro atoms. The Morgan fingerprint density at radius 1 is 0.378 bits per heavy atom. The Morgan fingerprint density at radius 3 is 1.73 bits per heavy atom. The summed E-state index contributed by atoms with van der Waals surface area (Å²) in [5.41, 5.74) is 7.93. The monoisotopic (exact) mass is 572 g/mol. The minimum atomic E-state index is 0.895. The molecule has 208 valence electrons. The van der Waals surface area contributed by atoms with E-state index in [9.17, 15) is 0 Å². The van der Waals surface area contributed by atoms with Gasteiger partial charge in [-0.1, -0.05) is 103 Å². The fraction of sp³-hybridized carbons (Fsp3) is 0. The van der Waals surface area contributed by atoms with Gasteiger partial charge in [-0.2, -0.15) is 0 Å². The molecule has 0 amide bonds. The second-order valence-corrected chi connectivity index (χ2v) is 11.8. The van der Waals surface area contributed by atoms with Gasteiger partial charge in [0.1, 0.15) is 11.2 Å². The van der Waals surface area contributed by atoms with Crippen LogP contribution in [0, 0.1) is 0 Å². The Morgan fingerprint density at radius 2 is 0.978 bits per heavy atom. The maximum atomic E-state index is 6.54. The highest BCUT2D eigenvalue weighted by Gasteiger charge is 2.14. The van der Waals surface area contributed by atoms with E-state index >= 15 is 0 Å². The number of benzene rings is 7. The van der Waals surface area contributed by atoms with Crippen LogP contribution in [-0.2, 0) is 0 Å². The van der Waals surface area contributed by atoms with Crippen LogP contribution in [0.2, 0.25) is 0 Å². The zero-order chi connectivity index (χ0) is 29.5. The van der Waals surface area contributed by atoms with Crippen molar-refractivity contribution >= 4 is 76.1 Å². The highest BCUT2D eigenvalue weighted by Crippen LogP contribution is 2.40. The van der Waals surface area contributed by atoms with E-state index in [2.05, 4.69) is 138 Å². The molecule has 0 aliphatic carbocycles. The molecule has 0 fully saturated rings. The molecule has 0 N–H and O–H groups in total. The predicted octanol–water partition coefficient (Wildman–Crippen LogP) is 11.5. The largest absolute Gasteiger partial charge is 0.456 e. The Labute approximate surface area is 258 Å². The van der Waals surface area contributed by atoms with Gasteiger partial charge < -0.3 is 4.42 Å². The van der Waals surface area contributed by atoms with Crippen LogP contribution in [0.1, 0.15) is 0 Å². The first-order valence-electron chi connectivity index (χ1n) is 15.2. The van der Waals surface area contributed by atoms with Gasteiger partial charge in [0.05, 0.1) is 16.7 Å². The molecule has 0 aliphatic heterocycles. The fourth-order valence-corrected chi connectivity index (χ4v) is 7.07. The average molecular weight is 573 g/mol. The van der Waals surface area contributed by atoms with E-state index in [0.29, 0.717) is 0 Å². The van der Waals surface area contributed by atoms with Gasteiger partial charge in [0.25, 0.3) is 0 Å². The Bertz CT molecular complexity index is 2810. The smallest absolute Gasteiger partial charge is 0.136 e. The number of hydrogen-bond donors (Lipinski definition) is 0. The summed E-state index contributed by atoms with van der Waals surface area (Å²) in [6.07, 6.45) is 1.83. The van der Waals surface area contributed by atoms with Crippen molar-refractivity contribution in [2.24, 2.45) is 0 Å². The van der Waals surface area contributed by atoms with E-state index in [1.54, 1.807) is 0 Å². The maximum absolute atomic E-state index is 6.54. The number of nitrogens with zero attached hydrogens (tertiary/aromatic N) is 2. The topological polar surface area (TPSA) is 38.9 Å². The minimum absolute atomic E-state index is 0.895. The van der Waals surface area contributed by atoms with Crippen LogP contribution < -0.4 is 0 Å². The molecule has 3 nitrogen and oxygen atoms in total. The van der Waals surface area contributed by atoms with E-state index in [1.807, 2.05) is 12.3 Å². The number of hydrogen-bond acceptors (Lipinski definition) is 3. The summed E-state index contributed by atoms with van der Waals surface area (Å²) in [5, 5.41) is 12.0. The fourth-order valence-electron chi connectivity index (χ4n) is 7.07. The van der Waals surface area contributed by atoms with Crippen molar-refractivity contribution in [2.75, 3.05) is 0 Å². The second kappa shape index (κ2) is 9.22. The van der Waals surface area contributed by atoms with E-state index < -0.39 is 0 Å². The van der Waals surface area contributed by atoms with E-state index in [1.165, 1.54) is 32.3 Å². The van der Waals surface area contributed by atoms with Crippen molar-refractivity contribution in [1.29, 1.82) is 0 Å². The van der Waals surface area contributed by atoms with Gasteiger partial charge in [-0.3, -0.25) is 4.98 Å². The average Bonchev–Trinajstić information content (AvgIpc) is 3.47. The van der Waals surface area contributed by atoms with Gasteiger partial charge in [-0.15, -0.1) is 0 Å². The lowest BCUT2D eigenvalue weighted by molar-refractivity contribution is 0.669. The molecule has 0 saturated carbocycles. The minimum Gasteiger partial charge on any atom is -0.456 e. The Hall–Kier alpha value is -6.06. The molecule has 0 aliphatic rings. The quantitative estimate of drug-likeness (QED) is 0.193. The molecular formula is C42H24N2O. The van der Waals surface area contributed by atoms with Crippen molar-refractivity contribution in [3.63, 3.8) is 0 Å². The van der Waals surface area contributed by atoms with Crippen molar-refractivity contribution < 1.29 is 4.42 Å². The molecule has 10 rings (SSSR count). The molecule has 10 aromatic rings. The SMILES string of the molecule is c1cnc2c(c1)ccc1ccc(-c3ccc(-c4ccc5c(c4)oc4cc6c7ccccc7c7ccccc7c6cc45)cc3)nc12. The Kier molecular flexibility index (Phi) is 5.00. The van der Waals surface area contributed by atoms with Crippen LogP contribution in [0.25, 0.3) is 98.4 Å². The van der Waals surface area contributed by atoms with Gasteiger partial charge in [0, 0.05) is 33.3 Å². The van der Waals surface area contributed by atoms with Crippen LogP contribution in [-0.4, -0.2) is 9.97 Å². The van der Waals surface area contributed by atoms with Crippen molar-refractivity contribution in [1.82, 2.24) is 9.97 Å². The normalized spacial score (nSPS) is 12.0. The van der Waals surface area contributed by atoms with Crippen molar-refractivity contribution in [3.05, 3.63) is 146 Å². The van der Waals surface area contributed by atoms with E-state index in [-0.39, 0.29) is 0 Å². The van der Waals surface area contributed by atoms with Gasteiger partial charge in [-0.05, 0) is 79.8 Å². The third-order valence-electron chi connectivity index (χ3n) is 9.28. The molecular weight excluding hydrogens is 548 g/mol. The third-order valence-corrected chi connectivity index (χ3v) is 9.28. The summed E-state index contributed by atoms with van der Waals surface area (Å²) in [7, 11) is 0. The molecule has 0 saturated heterocycles. The molecule has 0 atom stereocenters. The molecule has 0 unspecified atom stereocenters. The van der Waals surface area contributed by atoms with E-state index in [0.717, 1.165) is 66.1 Å². The zero-order valence-electron chi connectivity index (χ0n) is 24.2. The molecule has 45 heavy (non-hydrogen) atoms. The highest BCUT2D eigenvalue weighted by molar-refractivity contribution is 6.28. The highest BCUT2D eigenvalue weighted by atomic mass is 16.3. The number of furan rings is 1. The summed E-state index contributed by atoms with van der Waals surface area (Å²) in [6, 6.07) is 49.6. The molecule has 3 heterocycles. The number of rotatable bonds is 2. The lowest BCUT2D eigenvalue weighted by Crippen LogP contribution is -1.88. The standard InChI is InChI=1S/C42H24N2O/c1-3-9-32-30(7-1)31-8-2-4-10-33(31)36-24-40-37(23-35(32)36)34-19-17-29(22-39(34)45-40)25-11-13-26(14-12-25)38-20-18-28-16-15-27-6-5-21-43-41(27)42(28)44-38/h1-24H. The van der Waals surface area contributed by atoms with Gasteiger partial charge in [-0.25, -0.2) is 4.98 Å².